The number of fused-ring (bicyclic) bond motifs is 1. The van der Waals surface area contributed by atoms with Crippen molar-refractivity contribution in [1.82, 2.24) is 4.31 Å². The Hall–Kier alpha value is -0.720. The van der Waals surface area contributed by atoms with Crippen LogP contribution in [0, 0.1) is 0 Å². The van der Waals surface area contributed by atoms with Gasteiger partial charge in [0.1, 0.15) is 5.75 Å². The molecule has 2 aliphatic heterocycles. The van der Waals surface area contributed by atoms with Crippen molar-refractivity contribution in [3.05, 3.63) is 23.8 Å². The summed E-state index contributed by atoms with van der Waals surface area (Å²) in [5, 5.41) is 0.0273. The van der Waals surface area contributed by atoms with Gasteiger partial charge in [0.05, 0.1) is 16.9 Å². The van der Waals surface area contributed by atoms with Crippen LogP contribution in [0.2, 0.25) is 0 Å². The van der Waals surface area contributed by atoms with Crippen molar-refractivity contribution in [2.45, 2.75) is 23.6 Å². The van der Waals surface area contributed by atoms with Gasteiger partial charge in [-0.1, -0.05) is 0 Å². The molecule has 2 heterocycles. The molecule has 1 unspecified atom stereocenters. The van der Waals surface area contributed by atoms with Gasteiger partial charge in [-0.15, -0.1) is 11.8 Å². The second kappa shape index (κ2) is 4.43. The number of ether oxygens (including phenoxy) is 1. The van der Waals surface area contributed by atoms with Crippen molar-refractivity contribution in [2.24, 2.45) is 0 Å². The smallest absolute Gasteiger partial charge is 0.244 e. The van der Waals surface area contributed by atoms with E-state index in [0.29, 0.717) is 18.0 Å². The molecule has 0 amide bonds. The SMILES string of the molecule is CC1SCCN1S(=O)(=O)c1ccc2c(c1)CCO2. The molecule has 0 bridgehead atoms. The van der Waals surface area contributed by atoms with Crippen LogP contribution in [0.25, 0.3) is 0 Å². The summed E-state index contributed by atoms with van der Waals surface area (Å²) in [4.78, 5) is 0.390. The van der Waals surface area contributed by atoms with Crippen LogP contribution in [0.15, 0.2) is 23.1 Å². The van der Waals surface area contributed by atoms with Gasteiger partial charge in [0.2, 0.25) is 10.0 Å². The summed E-state index contributed by atoms with van der Waals surface area (Å²) in [5.74, 6) is 1.69. The molecule has 1 fully saturated rings. The Morgan fingerprint density at radius 2 is 2.28 bits per heavy atom. The predicted molar refractivity (Wildman–Crippen MR) is 71.5 cm³/mol. The number of sulfonamides is 1. The molecule has 2 aliphatic rings. The third-order valence-electron chi connectivity index (χ3n) is 3.34. The van der Waals surface area contributed by atoms with Gasteiger partial charge in [-0.3, -0.25) is 0 Å². The first kappa shape index (κ1) is 12.3. The number of hydrogen-bond donors (Lipinski definition) is 0. The Balaban J connectivity index is 1.99. The van der Waals surface area contributed by atoms with E-state index in [9.17, 15) is 8.42 Å². The van der Waals surface area contributed by atoms with E-state index in [1.807, 2.05) is 6.92 Å². The lowest BCUT2D eigenvalue weighted by Crippen LogP contribution is -2.33. The highest BCUT2D eigenvalue weighted by Gasteiger charge is 2.33. The zero-order valence-electron chi connectivity index (χ0n) is 10.1. The lowest BCUT2D eigenvalue weighted by molar-refractivity contribution is 0.356. The lowest BCUT2D eigenvalue weighted by Gasteiger charge is -2.20. The van der Waals surface area contributed by atoms with Crippen molar-refractivity contribution in [3.8, 4) is 5.75 Å². The molecule has 18 heavy (non-hydrogen) atoms. The zero-order chi connectivity index (χ0) is 12.8. The van der Waals surface area contributed by atoms with Crippen molar-refractivity contribution >= 4 is 21.8 Å². The minimum Gasteiger partial charge on any atom is -0.493 e. The highest BCUT2D eigenvalue weighted by molar-refractivity contribution is 8.01. The summed E-state index contributed by atoms with van der Waals surface area (Å²) in [6.07, 6.45) is 0.795. The monoisotopic (exact) mass is 285 g/mol. The fourth-order valence-corrected chi connectivity index (χ4v) is 5.43. The lowest BCUT2D eigenvalue weighted by atomic mass is 10.2. The van der Waals surface area contributed by atoms with Crippen molar-refractivity contribution in [2.75, 3.05) is 18.9 Å². The average Bonchev–Trinajstić information content (AvgIpc) is 2.95. The van der Waals surface area contributed by atoms with Gasteiger partial charge < -0.3 is 4.74 Å². The van der Waals surface area contributed by atoms with Crippen molar-refractivity contribution < 1.29 is 13.2 Å². The van der Waals surface area contributed by atoms with E-state index in [0.717, 1.165) is 23.5 Å². The molecular weight excluding hydrogens is 270 g/mol. The van der Waals surface area contributed by atoms with Crippen LogP contribution in [0.5, 0.6) is 5.75 Å². The Labute approximate surface area is 111 Å². The summed E-state index contributed by atoms with van der Waals surface area (Å²) in [7, 11) is -3.35. The van der Waals surface area contributed by atoms with E-state index in [1.54, 1.807) is 34.3 Å². The summed E-state index contributed by atoms with van der Waals surface area (Å²) in [5.41, 5.74) is 0.996. The summed E-state index contributed by atoms with van der Waals surface area (Å²) < 4.78 is 32.0. The topological polar surface area (TPSA) is 46.6 Å². The normalized spacial score (nSPS) is 23.9. The molecule has 0 N–H and O–H groups in total. The third-order valence-corrected chi connectivity index (χ3v) is 6.60. The molecule has 98 valence electrons. The highest BCUT2D eigenvalue weighted by atomic mass is 32.2. The standard InChI is InChI=1S/C12H15NO3S2/c1-9-13(5-7-17-9)18(14,15)11-2-3-12-10(8-11)4-6-16-12/h2-3,8-9H,4-7H2,1H3. The van der Waals surface area contributed by atoms with Gasteiger partial charge in [0.25, 0.3) is 0 Å². The summed E-state index contributed by atoms with van der Waals surface area (Å²) in [6, 6.07) is 5.17. The minimum atomic E-state index is -3.35. The van der Waals surface area contributed by atoms with Crippen molar-refractivity contribution in [1.29, 1.82) is 0 Å². The Kier molecular flexibility index (Phi) is 3.03. The van der Waals surface area contributed by atoms with Gasteiger partial charge in [-0.25, -0.2) is 8.42 Å². The highest BCUT2D eigenvalue weighted by Crippen LogP contribution is 2.32. The second-order valence-corrected chi connectivity index (χ2v) is 7.77. The van der Waals surface area contributed by atoms with E-state index in [2.05, 4.69) is 0 Å². The molecule has 1 aromatic rings. The molecule has 0 radical (unpaired) electrons. The fraction of sp³-hybridized carbons (Fsp3) is 0.500. The second-order valence-electron chi connectivity index (χ2n) is 4.45. The number of hydrogen-bond acceptors (Lipinski definition) is 4. The van der Waals surface area contributed by atoms with E-state index in [1.165, 1.54) is 0 Å². The Bertz CT molecular complexity index is 571. The molecule has 4 nitrogen and oxygen atoms in total. The maximum atomic E-state index is 12.5. The van der Waals surface area contributed by atoms with Gasteiger partial charge in [-0.05, 0) is 30.7 Å². The van der Waals surface area contributed by atoms with Crippen LogP contribution in [-0.2, 0) is 16.4 Å². The Morgan fingerprint density at radius 3 is 3.00 bits per heavy atom. The maximum absolute atomic E-state index is 12.5. The van der Waals surface area contributed by atoms with E-state index in [4.69, 9.17) is 4.74 Å². The van der Waals surface area contributed by atoms with Gasteiger partial charge >= 0.3 is 0 Å². The van der Waals surface area contributed by atoms with Crippen LogP contribution in [-0.4, -0.2) is 37.0 Å². The van der Waals surface area contributed by atoms with Gasteiger partial charge in [0, 0.05) is 18.7 Å². The molecule has 1 atom stereocenters. The summed E-state index contributed by atoms with van der Waals surface area (Å²) >= 11 is 1.67. The van der Waals surface area contributed by atoms with Crippen LogP contribution in [0.1, 0.15) is 12.5 Å². The van der Waals surface area contributed by atoms with E-state index < -0.39 is 10.0 Å². The van der Waals surface area contributed by atoms with E-state index >= 15 is 0 Å². The third kappa shape index (κ3) is 1.92. The van der Waals surface area contributed by atoms with Crippen LogP contribution < -0.4 is 4.74 Å². The maximum Gasteiger partial charge on any atom is 0.244 e. The molecule has 0 spiro atoms. The molecular formula is C12H15NO3S2. The first-order chi connectivity index (χ1) is 8.59. The van der Waals surface area contributed by atoms with Gasteiger partial charge in [0.15, 0.2) is 0 Å². The number of rotatable bonds is 2. The van der Waals surface area contributed by atoms with E-state index in [-0.39, 0.29) is 5.37 Å². The van der Waals surface area contributed by atoms with Gasteiger partial charge in [-0.2, -0.15) is 4.31 Å². The number of thioether (sulfide) groups is 1. The molecule has 3 rings (SSSR count). The number of benzene rings is 1. The molecule has 1 saturated heterocycles. The predicted octanol–water partition coefficient (Wildman–Crippen LogP) is 1.71. The van der Waals surface area contributed by atoms with Crippen LogP contribution in [0.3, 0.4) is 0 Å². The first-order valence-electron chi connectivity index (χ1n) is 5.98. The fourth-order valence-electron chi connectivity index (χ4n) is 2.35. The average molecular weight is 285 g/mol. The minimum absolute atomic E-state index is 0.0273. The molecule has 0 aliphatic carbocycles. The molecule has 0 aromatic heterocycles. The summed E-state index contributed by atoms with van der Waals surface area (Å²) in [6.45, 7) is 3.18. The first-order valence-corrected chi connectivity index (χ1v) is 8.47. The van der Waals surface area contributed by atoms with Crippen molar-refractivity contribution in [3.63, 3.8) is 0 Å². The van der Waals surface area contributed by atoms with Crippen LogP contribution >= 0.6 is 11.8 Å². The molecule has 0 saturated carbocycles. The molecule has 1 aromatic carbocycles. The quantitative estimate of drug-likeness (QED) is 0.830. The zero-order valence-corrected chi connectivity index (χ0v) is 11.8. The largest absolute Gasteiger partial charge is 0.493 e. The Morgan fingerprint density at radius 1 is 1.44 bits per heavy atom. The number of nitrogens with zero attached hydrogens (tertiary/aromatic N) is 1. The van der Waals surface area contributed by atoms with Crippen LogP contribution in [0.4, 0.5) is 0 Å². The molecule has 6 heteroatoms.